The van der Waals surface area contributed by atoms with Gasteiger partial charge < -0.3 is 10.6 Å². The van der Waals surface area contributed by atoms with Crippen LogP contribution >= 0.6 is 24.0 Å². The van der Waals surface area contributed by atoms with Gasteiger partial charge in [0.2, 0.25) is 10.0 Å². The van der Waals surface area contributed by atoms with Crippen LogP contribution in [0.25, 0.3) is 0 Å². The van der Waals surface area contributed by atoms with E-state index in [9.17, 15) is 8.42 Å². The van der Waals surface area contributed by atoms with Crippen LogP contribution in [-0.2, 0) is 16.6 Å². The van der Waals surface area contributed by atoms with E-state index in [0.717, 1.165) is 18.1 Å². The molecule has 2 N–H and O–H groups in total. The van der Waals surface area contributed by atoms with Gasteiger partial charge in [-0.15, -0.1) is 24.0 Å². The van der Waals surface area contributed by atoms with Crippen molar-refractivity contribution in [1.29, 1.82) is 0 Å². The quantitative estimate of drug-likeness (QED) is 0.361. The number of sulfonamides is 1. The molecule has 0 aliphatic heterocycles. The molecule has 0 saturated heterocycles. The highest BCUT2D eigenvalue weighted by molar-refractivity contribution is 14.0. The fourth-order valence-electron chi connectivity index (χ4n) is 2.04. The van der Waals surface area contributed by atoms with E-state index in [1.54, 1.807) is 19.2 Å². The lowest BCUT2D eigenvalue weighted by Crippen LogP contribution is -2.47. The minimum absolute atomic E-state index is 0. The first-order valence-electron chi connectivity index (χ1n) is 8.61. The minimum atomic E-state index is -3.45. The van der Waals surface area contributed by atoms with Crippen molar-refractivity contribution in [2.24, 2.45) is 4.99 Å². The summed E-state index contributed by atoms with van der Waals surface area (Å²) in [6.07, 6.45) is 0. The Balaban J connectivity index is 0.00000625. The average Bonchev–Trinajstić information content (AvgIpc) is 2.51. The molecule has 6 nitrogen and oxygen atoms in total. The van der Waals surface area contributed by atoms with Gasteiger partial charge in [0.05, 0.1) is 11.4 Å². The van der Waals surface area contributed by atoms with Crippen LogP contribution in [0.15, 0.2) is 34.2 Å². The van der Waals surface area contributed by atoms with E-state index in [0.29, 0.717) is 11.4 Å². The third-order valence-corrected chi connectivity index (χ3v) is 5.63. The Kier molecular flexibility index (Phi) is 10.1. The normalized spacial score (nSPS) is 12.9. The Bertz CT molecular complexity index is 680. The van der Waals surface area contributed by atoms with Crippen LogP contribution in [0.4, 0.5) is 0 Å². The second-order valence-corrected chi connectivity index (χ2v) is 9.33. The van der Waals surface area contributed by atoms with Crippen molar-refractivity contribution in [1.82, 2.24) is 14.9 Å². The molecule has 1 rings (SSSR count). The highest BCUT2D eigenvalue weighted by Crippen LogP contribution is 2.17. The lowest BCUT2D eigenvalue weighted by atomic mass is 10.1. The molecule has 0 saturated carbocycles. The molecular weight excluding hydrogens is 463 g/mol. The zero-order chi connectivity index (χ0) is 19.3. The van der Waals surface area contributed by atoms with Crippen LogP contribution in [0, 0.1) is 0 Å². The average molecular weight is 496 g/mol. The first kappa shape index (κ1) is 25.1. The van der Waals surface area contributed by atoms with E-state index < -0.39 is 10.0 Å². The summed E-state index contributed by atoms with van der Waals surface area (Å²) in [4.78, 5) is 4.86. The third-order valence-electron chi connectivity index (χ3n) is 3.58. The summed E-state index contributed by atoms with van der Waals surface area (Å²) in [5.74, 6) is 0.742. The molecule has 0 aliphatic carbocycles. The molecule has 1 aromatic rings. The molecule has 150 valence electrons. The Hall–Kier alpha value is -0.870. The maximum atomic E-state index is 12.5. The third kappa shape index (κ3) is 7.79. The van der Waals surface area contributed by atoms with Gasteiger partial charge in [-0.05, 0) is 59.2 Å². The molecule has 0 fully saturated rings. The largest absolute Gasteiger partial charge is 0.357 e. The lowest BCUT2D eigenvalue weighted by Gasteiger charge is -2.23. The number of aliphatic imine (C=N–C) groups is 1. The van der Waals surface area contributed by atoms with Gasteiger partial charge in [-0.3, -0.25) is 0 Å². The van der Waals surface area contributed by atoms with Crippen LogP contribution in [0.2, 0.25) is 0 Å². The molecule has 0 aliphatic rings. The topological polar surface area (TPSA) is 73.8 Å². The molecular formula is C18H33IN4O2S. The molecule has 0 spiro atoms. The molecule has 0 unspecified atom stereocenters. The van der Waals surface area contributed by atoms with Gasteiger partial charge in [0.25, 0.3) is 0 Å². The summed E-state index contributed by atoms with van der Waals surface area (Å²) in [7, 11) is -1.85. The number of guanidine groups is 1. The Morgan fingerprint density at radius 3 is 2.15 bits per heavy atom. The fourth-order valence-corrected chi connectivity index (χ4v) is 3.41. The molecule has 8 heteroatoms. The molecule has 0 amide bonds. The number of nitrogens with one attached hydrogen (secondary N) is 2. The Labute approximate surface area is 175 Å². The first-order valence-corrected chi connectivity index (χ1v) is 10.0. The number of hydrogen-bond acceptors (Lipinski definition) is 3. The predicted octanol–water partition coefficient (Wildman–Crippen LogP) is 3.19. The molecule has 0 atom stereocenters. The number of nitrogens with zero attached hydrogens (tertiary/aromatic N) is 2. The fraction of sp³-hybridized carbons (Fsp3) is 0.611. The standard InChI is InChI=1S/C18H32N4O2S.HI/c1-8-19-17(21-18(4,5)6)20-13-15-9-11-16(12-10-15)25(23,24)22(7)14(2)3;/h9-12,14H,8,13H2,1-7H3,(H2,19,20,21);1H. The Morgan fingerprint density at radius 2 is 1.73 bits per heavy atom. The maximum Gasteiger partial charge on any atom is 0.243 e. The van der Waals surface area contributed by atoms with Crippen LogP contribution in [-0.4, -0.2) is 43.9 Å². The summed E-state index contributed by atoms with van der Waals surface area (Å²) in [6, 6.07) is 6.82. The molecule has 0 radical (unpaired) electrons. The van der Waals surface area contributed by atoms with Crippen LogP contribution in [0.3, 0.4) is 0 Å². The number of hydrogen-bond donors (Lipinski definition) is 2. The van der Waals surface area contributed by atoms with Gasteiger partial charge in [0, 0.05) is 25.2 Å². The zero-order valence-electron chi connectivity index (χ0n) is 16.8. The Morgan fingerprint density at radius 1 is 1.19 bits per heavy atom. The van der Waals surface area contributed by atoms with Crippen molar-refractivity contribution in [3.63, 3.8) is 0 Å². The van der Waals surface area contributed by atoms with E-state index in [1.807, 2.05) is 32.9 Å². The van der Waals surface area contributed by atoms with Gasteiger partial charge in [-0.2, -0.15) is 4.31 Å². The summed E-state index contributed by atoms with van der Waals surface area (Å²) in [6.45, 7) is 13.2. The van der Waals surface area contributed by atoms with E-state index in [2.05, 4.69) is 36.4 Å². The van der Waals surface area contributed by atoms with Crippen molar-refractivity contribution in [2.75, 3.05) is 13.6 Å². The van der Waals surface area contributed by atoms with Gasteiger partial charge in [-0.25, -0.2) is 13.4 Å². The summed E-state index contributed by atoms with van der Waals surface area (Å²) >= 11 is 0. The highest BCUT2D eigenvalue weighted by Gasteiger charge is 2.22. The highest BCUT2D eigenvalue weighted by atomic mass is 127. The SMILES string of the molecule is CCNC(=NCc1ccc(S(=O)(=O)N(C)C(C)C)cc1)NC(C)(C)C.I. The predicted molar refractivity (Wildman–Crippen MR) is 120 cm³/mol. The van der Waals surface area contributed by atoms with Gasteiger partial charge in [0.15, 0.2) is 5.96 Å². The molecule has 0 aromatic heterocycles. The van der Waals surface area contributed by atoms with Crippen molar-refractivity contribution < 1.29 is 8.42 Å². The second-order valence-electron chi connectivity index (χ2n) is 7.33. The second kappa shape index (κ2) is 10.5. The van der Waals surface area contributed by atoms with Crippen molar-refractivity contribution in [3.8, 4) is 0 Å². The summed E-state index contributed by atoms with van der Waals surface area (Å²) < 4.78 is 26.3. The van der Waals surface area contributed by atoms with Crippen molar-refractivity contribution in [2.45, 2.75) is 64.6 Å². The maximum absolute atomic E-state index is 12.5. The van der Waals surface area contributed by atoms with Crippen LogP contribution in [0.1, 0.15) is 47.1 Å². The number of halogens is 1. The minimum Gasteiger partial charge on any atom is -0.357 e. The van der Waals surface area contributed by atoms with E-state index in [1.165, 1.54) is 4.31 Å². The van der Waals surface area contributed by atoms with Crippen LogP contribution < -0.4 is 10.6 Å². The van der Waals surface area contributed by atoms with Gasteiger partial charge >= 0.3 is 0 Å². The number of rotatable bonds is 6. The molecule has 0 bridgehead atoms. The van der Waals surface area contributed by atoms with E-state index >= 15 is 0 Å². The van der Waals surface area contributed by atoms with Gasteiger partial charge in [-0.1, -0.05) is 12.1 Å². The van der Waals surface area contributed by atoms with Crippen molar-refractivity contribution in [3.05, 3.63) is 29.8 Å². The van der Waals surface area contributed by atoms with Crippen molar-refractivity contribution >= 4 is 40.0 Å². The lowest BCUT2D eigenvalue weighted by molar-refractivity contribution is 0.410. The molecule has 1 aromatic carbocycles. The van der Waals surface area contributed by atoms with E-state index in [-0.39, 0.29) is 35.6 Å². The summed E-state index contributed by atoms with van der Waals surface area (Å²) in [5.41, 5.74) is 0.873. The van der Waals surface area contributed by atoms with Gasteiger partial charge in [0.1, 0.15) is 0 Å². The van der Waals surface area contributed by atoms with Crippen LogP contribution in [0.5, 0.6) is 0 Å². The summed E-state index contributed by atoms with van der Waals surface area (Å²) in [5, 5.41) is 6.54. The zero-order valence-corrected chi connectivity index (χ0v) is 20.0. The monoisotopic (exact) mass is 496 g/mol. The number of benzene rings is 1. The smallest absolute Gasteiger partial charge is 0.243 e. The molecule has 26 heavy (non-hydrogen) atoms. The molecule has 0 heterocycles. The first-order chi connectivity index (χ1) is 11.5. The van der Waals surface area contributed by atoms with E-state index in [4.69, 9.17) is 0 Å².